The van der Waals surface area contributed by atoms with Gasteiger partial charge in [0.15, 0.2) is 5.69 Å². The second-order valence-corrected chi connectivity index (χ2v) is 6.02. The van der Waals surface area contributed by atoms with E-state index in [1.807, 2.05) is 88.6 Å². The molecule has 1 N–H and O–H groups in total. The fraction of sp³-hybridized carbons (Fsp3) is 0. The van der Waals surface area contributed by atoms with E-state index in [-0.39, 0.29) is 0 Å². The minimum absolute atomic E-state index is 0.676. The van der Waals surface area contributed by atoms with Gasteiger partial charge in [-0.2, -0.15) is 0 Å². The van der Waals surface area contributed by atoms with Gasteiger partial charge in [-0.05, 0) is 40.2 Å². The third kappa shape index (κ3) is 2.38. The van der Waals surface area contributed by atoms with Crippen LogP contribution in [0.15, 0.2) is 91.1 Å². The Bertz CT molecular complexity index is 1120. The molecular weight excluding hydrogens is 322 g/mol. The van der Waals surface area contributed by atoms with Crippen molar-refractivity contribution in [1.82, 2.24) is 20.0 Å². The molecule has 0 unspecified atom stereocenters. The normalized spacial score (nSPS) is 11.1. The Morgan fingerprint density at radius 2 is 1.46 bits per heavy atom. The van der Waals surface area contributed by atoms with Crippen molar-refractivity contribution in [2.45, 2.75) is 0 Å². The van der Waals surface area contributed by atoms with Crippen molar-refractivity contribution in [2.75, 3.05) is 0 Å². The summed E-state index contributed by atoms with van der Waals surface area (Å²) in [6.07, 6.45) is 1.96. The fourth-order valence-electron chi connectivity index (χ4n) is 3.11. The van der Waals surface area contributed by atoms with Crippen LogP contribution < -0.4 is 4.80 Å². The Hall–Kier alpha value is -3.73. The smallest absolute Gasteiger partial charge is 0.342 e. The van der Waals surface area contributed by atoms with Crippen molar-refractivity contribution in [3.63, 3.8) is 0 Å². The van der Waals surface area contributed by atoms with Gasteiger partial charge in [0.25, 0.3) is 0 Å². The van der Waals surface area contributed by atoms with E-state index in [0.717, 1.165) is 27.8 Å². The first kappa shape index (κ1) is 14.6. The van der Waals surface area contributed by atoms with Gasteiger partial charge in [0, 0.05) is 21.9 Å². The van der Waals surface area contributed by atoms with Crippen molar-refractivity contribution in [3.05, 3.63) is 91.1 Å². The van der Waals surface area contributed by atoms with Crippen LogP contribution in [-0.4, -0.2) is 20.0 Å². The number of fused-ring (bicyclic) bond motifs is 1. The number of hydrogen-bond donors (Lipinski definition) is 1. The van der Waals surface area contributed by atoms with Gasteiger partial charge in [0.05, 0.1) is 10.7 Å². The lowest BCUT2D eigenvalue weighted by molar-refractivity contribution is -0.734. The van der Waals surface area contributed by atoms with Gasteiger partial charge in [0.2, 0.25) is 0 Å². The molecule has 0 radical (unpaired) electrons. The van der Waals surface area contributed by atoms with E-state index in [4.69, 9.17) is 10.2 Å². The standard InChI is InChI=1S/C21H16N5/c1-3-9-16(10-4-1)25-23-21(24-26(25)17-11-5-2-6-12-17)19-15-22-20-14-8-7-13-18(19)20/h1-15,22H/q+1. The van der Waals surface area contributed by atoms with Crippen LogP contribution in [0, 0.1) is 0 Å². The van der Waals surface area contributed by atoms with Gasteiger partial charge in [-0.25, -0.2) is 0 Å². The Morgan fingerprint density at radius 1 is 0.769 bits per heavy atom. The molecule has 0 atom stereocenters. The van der Waals surface area contributed by atoms with Crippen LogP contribution in [0.1, 0.15) is 0 Å². The highest BCUT2D eigenvalue weighted by molar-refractivity contribution is 5.93. The largest absolute Gasteiger partial charge is 0.360 e. The van der Waals surface area contributed by atoms with Gasteiger partial charge < -0.3 is 4.98 Å². The molecular formula is C21H16N5+. The van der Waals surface area contributed by atoms with Crippen molar-refractivity contribution in [3.8, 4) is 22.8 Å². The molecule has 0 saturated heterocycles. The molecule has 2 heterocycles. The minimum atomic E-state index is 0.676. The summed E-state index contributed by atoms with van der Waals surface area (Å²) in [6, 6.07) is 28.2. The number of benzene rings is 3. The zero-order valence-electron chi connectivity index (χ0n) is 13.9. The Balaban J connectivity index is 1.75. The van der Waals surface area contributed by atoms with E-state index >= 15 is 0 Å². The number of aromatic amines is 1. The molecule has 0 aliphatic carbocycles. The predicted octanol–water partition coefficient (Wildman–Crippen LogP) is 3.69. The number of H-pyrrole nitrogens is 1. The Morgan fingerprint density at radius 3 is 2.27 bits per heavy atom. The highest BCUT2D eigenvalue weighted by Gasteiger charge is 2.24. The summed E-state index contributed by atoms with van der Waals surface area (Å²) >= 11 is 0. The van der Waals surface area contributed by atoms with Crippen LogP contribution in [-0.2, 0) is 0 Å². The first-order chi connectivity index (χ1) is 12.9. The number of nitrogens with one attached hydrogen (secondary N) is 1. The number of nitrogens with zero attached hydrogens (tertiary/aromatic N) is 4. The van der Waals surface area contributed by atoms with E-state index in [1.54, 1.807) is 0 Å². The van der Waals surface area contributed by atoms with Crippen LogP contribution >= 0.6 is 0 Å². The average Bonchev–Trinajstić information content (AvgIpc) is 3.34. The van der Waals surface area contributed by atoms with Crippen molar-refractivity contribution in [2.24, 2.45) is 0 Å². The van der Waals surface area contributed by atoms with Crippen LogP contribution in [0.3, 0.4) is 0 Å². The van der Waals surface area contributed by atoms with E-state index in [9.17, 15) is 0 Å². The number of aromatic nitrogens is 5. The van der Waals surface area contributed by atoms with E-state index < -0.39 is 0 Å². The molecule has 26 heavy (non-hydrogen) atoms. The first-order valence-electron chi connectivity index (χ1n) is 8.47. The monoisotopic (exact) mass is 338 g/mol. The molecule has 5 aromatic rings. The molecule has 0 aliphatic heterocycles. The molecule has 5 heteroatoms. The maximum atomic E-state index is 4.80. The van der Waals surface area contributed by atoms with Gasteiger partial charge in [0.1, 0.15) is 5.69 Å². The summed E-state index contributed by atoms with van der Waals surface area (Å²) in [5.41, 5.74) is 3.97. The molecule has 0 bridgehead atoms. The minimum Gasteiger partial charge on any atom is -0.360 e. The number of para-hydroxylation sites is 3. The van der Waals surface area contributed by atoms with Crippen molar-refractivity contribution < 1.29 is 4.80 Å². The third-order valence-electron chi connectivity index (χ3n) is 4.36. The summed E-state index contributed by atoms with van der Waals surface area (Å²) < 4.78 is 0. The molecule has 2 aromatic heterocycles. The van der Waals surface area contributed by atoms with Crippen LogP contribution in [0.25, 0.3) is 33.7 Å². The SMILES string of the molecule is c1ccc(-n2nc(-c3c[nH]c4ccccc34)n[n+]2-c2ccccc2)cc1. The summed E-state index contributed by atoms with van der Waals surface area (Å²) in [5, 5.41) is 10.7. The van der Waals surface area contributed by atoms with Gasteiger partial charge in [-0.3, -0.25) is 0 Å². The molecule has 124 valence electrons. The molecule has 5 nitrogen and oxygen atoms in total. The fourth-order valence-corrected chi connectivity index (χ4v) is 3.11. The second kappa shape index (κ2) is 5.97. The highest BCUT2D eigenvalue weighted by Crippen LogP contribution is 2.25. The van der Waals surface area contributed by atoms with Crippen molar-refractivity contribution >= 4 is 10.9 Å². The lowest BCUT2D eigenvalue weighted by Gasteiger charge is -1.98. The Kier molecular flexibility index (Phi) is 3.35. The highest BCUT2D eigenvalue weighted by atomic mass is 15.7. The summed E-state index contributed by atoms with van der Waals surface area (Å²) in [4.78, 5) is 6.95. The zero-order valence-corrected chi connectivity index (χ0v) is 13.9. The molecule has 0 spiro atoms. The van der Waals surface area contributed by atoms with Gasteiger partial charge in [-0.1, -0.05) is 54.6 Å². The van der Waals surface area contributed by atoms with Crippen molar-refractivity contribution in [1.29, 1.82) is 0 Å². The van der Waals surface area contributed by atoms with Crippen LogP contribution in [0.2, 0.25) is 0 Å². The summed E-state index contributed by atoms with van der Waals surface area (Å²) in [5.74, 6) is 0.676. The van der Waals surface area contributed by atoms with E-state index in [1.165, 1.54) is 0 Å². The number of hydrogen-bond acceptors (Lipinski definition) is 2. The number of rotatable bonds is 3. The first-order valence-corrected chi connectivity index (χ1v) is 8.47. The molecule has 3 aromatic carbocycles. The molecule has 5 rings (SSSR count). The van der Waals surface area contributed by atoms with Gasteiger partial charge in [-0.15, -0.1) is 0 Å². The van der Waals surface area contributed by atoms with E-state index in [2.05, 4.69) is 17.1 Å². The molecule has 0 fully saturated rings. The van der Waals surface area contributed by atoms with Crippen LogP contribution in [0.4, 0.5) is 0 Å². The summed E-state index contributed by atoms with van der Waals surface area (Å²) in [7, 11) is 0. The van der Waals surface area contributed by atoms with Gasteiger partial charge >= 0.3 is 5.82 Å². The maximum absolute atomic E-state index is 4.80. The lowest BCUT2D eigenvalue weighted by atomic mass is 10.2. The average molecular weight is 338 g/mol. The summed E-state index contributed by atoms with van der Waals surface area (Å²) in [6.45, 7) is 0. The third-order valence-corrected chi connectivity index (χ3v) is 4.36. The molecule has 0 aliphatic rings. The van der Waals surface area contributed by atoms with E-state index in [0.29, 0.717) is 5.82 Å². The quantitative estimate of drug-likeness (QED) is 0.510. The Labute approximate surface area is 150 Å². The number of tetrazole rings is 1. The topological polar surface area (TPSA) is 50.4 Å². The predicted molar refractivity (Wildman–Crippen MR) is 100 cm³/mol. The molecule has 0 saturated carbocycles. The second-order valence-electron chi connectivity index (χ2n) is 6.02. The lowest BCUT2D eigenvalue weighted by Crippen LogP contribution is -2.43. The zero-order chi connectivity index (χ0) is 17.3. The maximum Gasteiger partial charge on any atom is 0.342 e. The molecule has 0 amide bonds. The van der Waals surface area contributed by atoms with Crippen LogP contribution in [0.5, 0.6) is 0 Å².